The van der Waals surface area contributed by atoms with Gasteiger partial charge >= 0.3 is 0 Å². The second kappa shape index (κ2) is 7.90. The van der Waals surface area contributed by atoms with Crippen molar-refractivity contribution >= 4 is 23.2 Å². The summed E-state index contributed by atoms with van der Waals surface area (Å²) in [6.07, 6.45) is 5.02. The molecule has 2 heterocycles. The van der Waals surface area contributed by atoms with Gasteiger partial charge in [0.05, 0.1) is 24.5 Å². The maximum atomic E-state index is 6.46. The van der Waals surface area contributed by atoms with Crippen molar-refractivity contribution in [1.82, 2.24) is 9.55 Å². The molecule has 2 aromatic carbocycles. The predicted molar refractivity (Wildman–Crippen MR) is 102 cm³/mol. The highest BCUT2D eigenvalue weighted by Crippen LogP contribution is 2.40. The first kappa shape index (κ1) is 18.3. The maximum absolute atomic E-state index is 6.46. The zero-order valence-electron chi connectivity index (χ0n) is 14.3. The van der Waals surface area contributed by atoms with Gasteiger partial charge in [-0.25, -0.2) is 4.98 Å². The SMILES string of the molecule is Clc1ccc(C2(Cn3ccnc3)OCC(COc3cc[c]cc3)O2)c(Cl)c1. The lowest BCUT2D eigenvalue weighted by Crippen LogP contribution is -2.34. The van der Waals surface area contributed by atoms with Crippen LogP contribution in [0.2, 0.25) is 10.0 Å². The summed E-state index contributed by atoms with van der Waals surface area (Å²) in [7, 11) is 0. The lowest BCUT2D eigenvalue weighted by Gasteiger charge is -2.30. The largest absolute Gasteiger partial charge is 0.491 e. The number of imidazole rings is 1. The summed E-state index contributed by atoms with van der Waals surface area (Å²) in [6, 6.07) is 15.6. The van der Waals surface area contributed by atoms with Crippen LogP contribution in [0.4, 0.5) is 0 Å². The summed E-state index contributed by atoms with van der Waals surface area (Å²) in [5.74, 6) is -0.282. The van der Waals surface area contributed by atoms with Crippen LogP contribution in [0.3, 0.4) is 0 Å². The van der Waals surface area contributed by atoms with Gasteiger partial charge < -0.3 is 18.8 Å². The highest BCUT2D eigenvalue weighted by atomic mass is 35.5. The molecule has 139 valence electrons. The lowest BCUT2D eigenvalue weighted by atomic mass is 10.1. The molecule has 0 spiro atoms. The van der Waals surface area contributed by atoms with Crippen LogP contribution in [-0.2, 0) is 21.8 Å². The number of halogens is 2. The van der Waals surface area contributed by atoms with E-state index in [2.05, 4.69) is 11.1 Å². The normalized spacial score (nSPS) is 22.1. The molecule has 1 aromatic heterocycles. The number of ether oxygens (including phenoxy) is 3. The third kappa shape index (κ3) is 4.12. The molecule has 1 saturated heterocycles. The van der Waals surface area contributed by atoms with E-state index in [0.717, 1.165) is 11.3 Å². The van der Waals surface area contributed by atoms with Crippen molar-refractivity contribution < 1.29 is 14.2 Å². The Bertz CT molecular complexity index is 890. The summed E-state index contributed by atoms with van der Waals surface area (Å²) in [6.45, 7) is 1.15. The molecule has 3 aromatic rings. The van der Waals surface area contributed by atoms with Gasteiger partial charge in [0.25, 0.3) is 0 Å². The van der Waals surface area contributed by atoms with Crippen LogP contribution in [-0.4, -0.2) is 28.9 Å². The highest BCUT2D eigenvalue weighted by molar-refractivity contribution is 6.35. The Morgan fingerprint density at radius 2 is 2.11 bits per heavy atom. The van der Waals surface area contributed by atoms with Gasteiger partial charge in [0, 0.05) is 23.0 Å². The number of nitrogens with zero attached hydrogens (tertiary/aromatic N) is 2. The van der Waals surface area contributed by atoms with Crippen LogP contribution in [0.5, 0.6) is 5.75 Å². The van der Waals surface area contributed by atoms with E-state index >= 15 is 0 Å². The lowest BCUT2D eigenvalue weighted by molar-refractivity contribution is -0.189. The topological polar surface area (TPSA) is 45.5 Å². The number of hydrogen-bond donors (Lipinski definition) is 0. The Labute approximate surface area is 167 Å². The minimum absolute atomic E-state index is 0.246. The molecule has 0 amide bonds. The Morgan fingerprint density at radius 1 is 1.26 bits per heavy atom. The van der Waals surface area contributed by atoms with Gasteiger partial charge in [-0.2, -0.15) is 0 Å². The first-order chi connectivity index (χ1) is 13.1. The molecule has 4 rings (SSSR count). The first-order valence-electron chi connectivity index (χ1n) is 8.47. The van der Waals surface area contributed by atoms with Crippen LogP contribution in [0, 0.1) is 6.07 Å². The van der Waals surface area contributed by atoms with Crippen molar-refractivity contribution in [3.8, 4) is 5.75 Å². The quantitative estimate of drug-likeness (QED) is 0.613. The second-order valence-corrected chi connectivity index (χ2v) is 7.05. The van der Waals surface area contributed by atoms with Crippen LogP contribution in [0.1, 0.15) is 5.56 Å². The summed E-state index contributed by atoms with van der Waals surface area (Å²) in [5, 5.41) is 1.04. The van der Waals surface area contributed by atoms with Crippen molar-refractivity contribution in [2.24, 2.45) is 0 Å². The fourth-order valence-corrected chi connectivity index (χ4v) is 3.58. The molecule has 2 atom stereocenters. The molecule has 0 N–H and O–H groups in total. The van der Waals surface area contributed by atoms with Gasteiger partial charge in [0.15, 0.2) is 0 Å². The summed E-state index contributed by atoms with van der Waals surface area (Å²) in [5.41, 5.74) is 0.721. The Morgan fingerprint density at radius 3 is 2.85 bits per heavy atom. The van der Waals surface area contributed by atoms with Crippen LogP contribution in [0.15, 0.2) is 61.2 Å². The maximum Gasteiger partial charge on any atom is 0.215 e. The minimum atomic E-state index is -1.04. The van der Waals surface area contributed by atoms with E-state index in [1.54, 1.807) is 36.8 Å². The average molecular weight is 404 g/mol. The fraction of sp³-hybridized carbons (Fsp3) is 0.250. The Kier molecular flexibility index (Phi) is 5.36. The summed E-state index contributed by atoms with van der Waals surface area (Å²) >= 11 is 12.5. The summed E-state index contributed by atoms with van der Waals surface area (Å²) < 4.78 is 20.2. The van der Waals surface area contributed by atoms with E-state index in [0.29, 0.717) is 29.8 Å². The molecule has 1 fully saturated rings. The molecular formula is C20H17Cl2N2O3. The zero-order valence-corrected chi connectivity index (χ0v) is 15.9. The molecule has 0 aliphatic carbocycles. The van der Waals surface area contributed by atoms with Gasteiger partial charge in [-0.1, -0.05) is 41.4 Å². The van der Waals surface area contributed by atoms with Gasteiger partial charge in [-0.3, -0.25) is 0 Å². The van der Waals surface area contributed by atoms with E-state index in [1.807, 2.05) is 29.0 Å². The van der Waals surface area contributed by atoms with Gasteiger partial charge in [-0.15, -0.1) is 0 Å². The third-order valence-electron chi connectivity index (χ3n) is 4.27. The predicted octanol–water partition coefficient (Wildman–Crippen LogP) is 4.34. The molecule has 2 unspecified atom stereocenters. The molecule has 7 heteroatoms. The smallest absolute Gasteiger partial charge is 0.215 e. The molecule has 27 heavy (non-hydrogen) atoms. The Hall–Kier alpha value is -2.05. The molecule has 0 bridgehead atoms. The standard InChI is InChI=1S/C20H17Cl2N2O3/c21-15-6-7-18(19(22)10-15)20(13-24-9-8-23-14-24)26-12-17(27-20)11-25-16-4-2-1-3-5-16/h2-10,14,17H,11-13H2. The molecule has 0 saturated carbocycles. The van der Waals surface area contributed by atoms with Gasteiger partial charge in [0.2, 0.25) is 5.79 Å². The fourth-order valence-electron chi connectivity index (χ4n) is 3.03. The minimum Gasteiger partial charge on any atom is -0.491 e. The molecule has 1 radical (unpaired) electrons. The van der Waals surface area contributed by atoms with Crippen LogP contribution >= 0.6 is 23.2 Å². The van der Waals surface area contributed by atoms with Crippen molar-refractivity contribution in [1.29, 1.82) is 0 Å². The van der Waals surface area contributed by atoms with Crippen molar-refractivity contribution in [3.63, 3.8) is 0 Å². The first-order valence-corrected chi connectivity index (χ1v) is 9.22. The van der Waals surface area contributed by atoms with E-state index in [1.165, 1.54) is 0 Å². The highest BCUT2D eigenvalue weighted by Gasteiger charge is 2.45. The second-order valence-electron chi connectivity index (χ2n) is 6.21. The van der Waals surface area contributed by atoms with Crippen molar-refractivity contribution in [2.45, 2.75) is 18.4 Å². The molecule has 5 nitrogen and oxygen atoms in total. The number of rotatable bonds is 6. The number of aromatic nitrogens is 2. The number of benzene rings is 2. The monoisotopic (exact) mass is 403 g/mol. The number of hydrogen-bond acceptors (Lipinski definition) is 4. The van der Waals surface area contributed by atoms with Crippen molar-refractivity contribution in [2.75, 3.05) is 13.2 Å². The van der Waals surface area contributed by atoms with E-state index in [-0.39, 0.29) is 6.10 Å². The molecule has 1 aliphatic rings. The van der Waals surface area contributed by atoms with Crippen molar-refractivity contribution in [3.05, 3.63) is 82.9 Å². The van der Waals surface area contributed by atoms with E-state index in [9.17, 15) is 0 Å². The van der Waals surface area contributed by atoms with E-state index < -0.39 is 5.79 Å². The Balaban J connectivity index is 1.56. The van der Waals surface area contributed by atoms with Gasteiger partial charge in [0.1, 0.15) is 18.5 Å². The molecule has 1 aliphatic heterocycles. The van der Waals surface area contributed by atoms with Gasteiger partial charge in [-0.05, 0) is 30.3 Å². The molecular weight excluding hydrogens is 387 g/mol. The van der Waals surface area contributed by atoms with E-state index in [4.69, 9.17) is 37.4 Å². The third-order valence-corrected chi connectivity index (χ3v) is 4.82. The average Bonchev–Trinajstić information content (AvgIpc) is 3.32. The van der Waals surface area contributed by atoms with Crippen LogP contribution < -0.4 is 4.74 Å². The summed E-state index contributed by atoms with van der Waals surface area (Å²) in [4.78, 5) is 4.09. The zero-order chi connectivity index (χ0) is 18.7. The van der Waals surface area contributed by atoms with Crippen LogP contribution in [0.25, 0.3) is 0 Å².